The zero-order chi connectivity index (χ0) is 18.9. The van der Waals surface area contributed by atoms with Gasteiger partial charge in [-0.05, 0) is 18.2 Å². The van der Waals surface area contributed by atoms with Crippen LogP contribution in [0.1, 0.15) is 33.6 Å². The van der Waals surface area contributed by atoms with Crippen molar-refractivity contribution in [3.63, 3.8) is 0 Å². The molecule has 140 valence electrons. The van der Waals surface area contributed by atoms with E-state index in [-0.39, 0.29) is 24.4 Å². The van der Waals surface area contributed by atoms with E-state index in [0.29, 0.717) is 5.01 Å². The third-order valence-electron chi connectivity index (χ3n) is 3.88. The van der Waals surface area contributed by atoms with Gasteiger partial charge in [0.05, 0.1) is 18.3 Å². The number of carbonyl (C=O) groups is 1. The number of alkyl halides is 3. The average Bonchev–Trinajstić information content (AvgIpc) is 3.20. The number of amides is 1. The van der Waals surface area contributed by atoms with Crippen LogP contribution < -0.4 is 5.32 Å². The number of aliphatic hydroxyl groups is 2. The first-order valence-electron chi connectivity index (χ1n) is 7.66. The predicted molar refractivity (Wildman–Crippen MR) is 86.8 cm³/mol. The minimum absolute atomic E-state index is 0.00672. The molecule has 6 nitrogen and oxygen atoms in total. The Balaban J connectivity index is 1.69. The summed E-state index contributed by atoms with van der Waals surface area (Å²) in [6, 6.07) is 4.31. The van der Waals surface area contributed by atoms with Crippen LogP contribution in [0.3, 0.4) is 0 Å². The summed E-state index contributed by atoms with van der Waals surface area (Å²) >= 11 is 1.14. The molecular weight excluding hydrogens is 373 g/mol. The molecule has 1 aromatic heterocycles. The van der Waals surface area contributed by atoms with E-state index >= 15 is 0 Å². The molecule has 26 heavy (non-hydrogen) atoms. The fourth-order valence-corrected chi connectivity index (χ4v) is 3.41. The van der Waals surface area contributed by atoms with Crippen molar-refractivity contribution < 1.29 is 32.9 Å². The van der Waals surface area contributed by atoms with Crippen molar-refractivity contribution in [2.75, 3.05) is 11.9 Å². The zero-order valence-electron chi connectivity index (χ0n) is 13.2. The molecule has 1 aliphatic heterocycles. The Bertz CT molecular complexity index is 796. The maximum absolute atomic E-state index is 12.7. The highest BCUT2D eigenvalue weighted by molar-refractivity contribution is 7.09. The molecule has 1 fully saturated rings. The summed E-state index contributed by atoms with van der Waals surface area (Å²) in [7, 11) is 0. The second-order valence-corrected chi connectivity index (χ2v) is 6.64. The monoisotopic (exact) mass is 388 g/mol. The van der Waals surface area contributed by atoms with Gasteiger partial charge in [0.15, 0.2) is 0 Å². The lowest BCUT2D eigenvalue weighted by atomic mass is 10.1. The minimum atomic E-state index is -4.50. The largest absolute Gasteiger partial charge is 0.416 e. The highest BCUT2D eigenvalue weighted by Gasteiger charge is 2.36. The van der Waals surface area contributed by atoms with Gasteiger partial charge >= 0.3 is 6.18 Å². The normalized spacial score (nSPS) is 23.2. The molecule has 0 unspecified atom stereocenters. The van der Waals surface area contributed by atoms with E-state index in [2.05, 4.69) is 10.3 Å². The molecule has 1 aromatic carbocycles. The Labute approximate surface area is 150 Å². The number of thiazole rings is 1. The topological polar surface area (TPSA) is 91.7 Å². The molecule has 3 N–H and O–H groups in total. The van der Waals surface area contributed by atoms with Gasteiger partial charge in [-0.15, -0.1) is 11.3 Å². The van der Waals surface area contributed by atoms with Crippen LogP contribution >= 0.6 is 11.3 Å². The fourth-order valence-electron chi connectivity index (χ4n) is 2.56. The van der Waals surface area contributed by atoms with Crippen LogP contribution in [0.4, 0.5) is 18.9 Å². The first-order valence-corrected chi connectivity index (χ1v) is 8.54. The summed E-state index contributed by atoms with van der Waals surface area (Å²) in [5.74, 6) is -0.649. The number of carbonyl (C=O) groups excluding carboxylic acids is 1. The molecule has 0 spiro atoms. The van der Waals surface area contributed by atoms with Crippen molar-refractivity contribution in [1.82, 2.24) is 4.98 Å². The Morgan fingerprint density at radius 1 is 1.42 bits per heavy atom. The van der Waals surface area contributed by atoms with Crippen molar-refractivity contribution in [3.8, 4) is 0 Å². The molecule has 1 aliphatic rings. The average molecular weight is 388 g/mol. The van der Waals surface area contributed by atoms with Crippen molar-refractivity contribution >= 4 is 22.9 Å². The zero-order valence-corrected chi connectivity index (χ0v) is 14.0. The summed E-state index contributed by atoms with van der Waals surface area (Å²) in [5.41, 5.74) is -0.821. The van der Waals surface area contributed by atoms with Gasteiger partial charge in [-0.1, -0.05) is 6.07 Å². The van der Waals surface area contributed by atoms with E-state index in [4.69, 9.17) is 9.84 Å². The third kappa shape index (κ3) is 4.04. The third-order valence-corrected chi connectivity index (χ3v) is 4.82. The van der Waals surface area contributed by atoms with Gasteiger partial charge in [0.25, 0.3) is 5.91 Å². The van der Waals surface area contributed by atoms with E-state index in [1.807, 2.05) is 0 Å². The van der Waals surface area contributed by atoms with Gasteiger partial charge in [0, 0.05) is 17.5 Å². The van der Waals surface area contributed by atoms with Gasteiger partial charge in [-0.25, -0.2) is 4.98 Å². The number of halogens is 3. The van der Waals surface area contributed by atoms with Gasteiger partial charge in [0.2, 0.25) is 0 Å². The molecule has 2 aromatic rings. The molecule has 0 aliphatic carbocycles. The van der Waals surface area contributed by atoms with Crippen LogP contribution in [0.15, 0.2) is 29.6 Å². The number of aromatic nitrogens is 1. The standard InChI is InChI=1S/C16H15F3N2O4S/c17-16(18,19)8-2-1-3-9(4-8)20-14(24)10-7-26-15(21-10)12-5-11(23)13(6-22)25-12/h1-4,7,11-13,22-23H,5-6H2,(H,20,24)/t11-,12+,13+/m0/s1. The number of benzene rings is 1. The smallest absolute Gasteiger partial charge is 0.394 e. The first-order chi connectivity index (χ1) is 12.3. The van der Waals surface area contributed by atoms with E-state index in [0.717, 1.165) is 23.5 Å². The quantitative estimate of drug-likeness (QED) is 0.749. The number of rotatable bonds is 4. The van der Waals surface area contributed by atoms with Crippen LogP contribution in [0.5, 0.6) is 0 Å². The number of aliphatic hydroxyl groups excluding tert-OH is 2. The highest BCUT2D eigenvalue weighted by Crippen LogP contribution is 2.35. The minimum Gasteiger partial charge on any atom is -0.394 e. The summed E-state index contributed by atoms with van der Waals surface area (Å²) < 4.78 is 43.6. The molecule has 2 heterocycles. The van der Waals surface area contributed by atoms with Crippen molar-refractivity contribution in [1.29, 1.82) is 0 Å². The summed E-state index contributed by atoms with van der Waals surface area (Å²) in [6.07, 6.45) is -6.32. The molecular formula is C16H15F3N2O4S. The Kier molecular flexibility index (Phi) is 5.28. The SMILES string of the molecule is O=C(Nc1cccc(C(F)(F)F)c1)c1csc([C@H]2C[C@H](O)[C@@H](CO)O2)n1. The lowest BCUT2D eigenvalue weighted by Gasteiger charge is -2.10. The Morgan fingerprint density at radius 3 is 2.85 bits per heavy atom. The van der Waals surface area contributed by atoms with Gasteiger partial charge < -0.3 is 20.3 Å². The van der Waals surface area contributed by atoms with Crippen LogP contribution in [0, 0.1) is 0 Å². The maximum atomic E-state index is 12.7. The second-order valence-electron chi connectivity index (χ2n) is 5.75. The van der Waals surface area contributed by atoms with Crippen LogP contribution in [-0.4, -0.2) is 39.9 Å². The van der Waals surface area contributed by atoms with E-state index in [1.54, 1.807) is 0 Å². The summed E-state index contributed by atoms with van der Waals surface area (Å²) in [6.45, 7) is -0.327. The molecule has 3 rings (SSSR count). The van der Waals surface area contributed by atoms with Crippen molar-refractivity contribution in [2.45, 2.75) is 30.9 Å². The second kappa shape index (κ2) is 7.31. The van der Waals surface area contributed by atoms with E-state index in [1.165, 1.54) is 17.5 Å². The van der Waals surface area contributed by atoms with Crippen LogP contribution in [-0.2, 0) is 10.9 Å². The summed E-state index contributed by atoms with van der Waals surface area (Å²) in [5, 5.41) is 23.1. The highest BCUT2D eigenvalue weighted by atomic mass is 32.1. The number of anilines is 1. The molecule has 3 atom stereocenters. The fraction of sp³-hybridized carbons (Fsp3) is 0.375. The lowest BCUT2D eigenvalue weighted by molar-refractivity contribution is -0.137. The van der Waals surface area contributed by atoms with Crippen LogP contribution in [0.2, 0.25) is 0 Å². The van der Waals surface area contributed by atoms with Gasteiger partial charge in [0.1, 0.15) is 22.9 Å². The number of ether oxygens (including phenoxy) is 1. The molecule has 0 radical (unpaired) electrons. The molecule has 1 amide bonds. The van der Waals surface area contributed by atoms with Gasteiger partial charge in [-0.2, -0.15) is 13.2 Å². The number of nitrogens with zero attached hydrogens (tertiary/aromatic N) is 1. The first kappa shape index (κ1) is 18.8. The number of hydrogen-bond acceptors (Lipinski definition) is 6. The molecule has 1 saturated heterocycles. The Hall–Kier alpha value is -2.01. The Morgan fingerprint density at radius 2 is 2.19 bits per heavy atom. The van der Waals surface area contributed by atoms with E-state index in [9.17, 15) is 23.1 Å². The number of nitrogens with one attached hydrogen (secondary N) is 1. The van der Waals surface area contributed by atoms with Crippen molar-refractivity contribution in [3.05, 3.63) is 45.9 Å². The van der Waals surface area contributed by atoms with Crippen LogP contribution in [0.25, 0.3) is 0 Å². The molecule has 10 heteroatoms. The lowest BCUT2D eigenvalue weighted by Crippen LogP contribution is -2.24. The predicted octanol–water partition coefficient (Wildman–Crippen LogP) is 2.60. The number of hydrogen-bond donors (Lipinski definition) is 3. The maximum Gasteiger partial charge on any atom is 0.416 e. The van der Waals surface area contributed by atoms with Crippen molar-refractivity contribution in [2.24, 2.45) is 0 Å². The molecule has 0 saturated carbocycles. The van der Waals surface area contributed by atoms with Gasteiger partial charge in [-0.3, -0.25) is 4.79 Å². The molecule has 0 bridgehead atoms. The van der Waals surface area contributed by atoms with E-state index < -0.39 is 36.0 Å². The summed E-state index contributed by atoms with van der Waals surface area (Å²) in [4.78, 5) is 16.3.